The van der Waals surface area contributed by atoms with Gasteiger partial charge in [0.25, 0.3) is 0 Å². The summed E-state index contributed by atoms with van der Waals surface area (Å²) in [7, 11) is -0.322. The molecule has 10 nitrogen and oxygen atoms in total. The maximum Gasteiger partial charge on any atom is 0.350 e. The SMILES string of the molecule is CN(C)c1c2ncn(CCOCP(=O)(O)O)c2nc2nccn12. The van der Waals surface area contributed by atoms with Crippen molar-refractivity contribution in [2.75, 3.05) is 32.0 Å². The number of rotatable bonds is 6. The molecule has 0 aliphatic heterocycles. The van der Waals surface area contributed by atoms with Crippen molar-refractivity contribution in [3.63, 3.8) is 0 Å². The van der Waals surface area contributed by atoms with Crippen molar-refractivity contribution in [3.8, 4) is 0 Å². The number of imidazole rings is 2. The van der Waals surface area contributed by atoms with E-state index in [0.29, 0.717) is 18.0 Å². The van der Waals surface area contributed by atoms with Crippen molar-refractivity contribution in [1.82, 2.24) is 23.9 Å². The van der Waals surface area contributed by atoms with Gasteiger partial charge in [0.1, 0.15) is 17.7 Å². The van der Waals surface area contributed by atoms with Crippen molar-refractivity contribution in [1.29, 1.82) is 0 Å². The number of hydrogen-bond acceptors (Lipinski definition) is 6. The number of nitrogens with zero attached hydrogens (tertiary/aromatic N) is 6. The Balaban J connectivity index is 1.91. The molecule has 3 aromatic rings. The number of aromatic nitrogens is 5. The molecule has 0 fully saturated rings. The zero-order valence-electron chi connectivity index (χ0n) is 12.7. The topological polar surface area (TPSA) is 118 Å². The van der Waals surface area contributed by atoms with E-state index in [1.807, 2.05) is 29.6 Å². The van der Waals surface area contributed by atoms with Crippen LogP contribution >= 0.6 is 7.60 Å². The van der Waals surface area contributed by atoms with E-state index in [0.717, 1.165) is 11.3 Å². The molecule has 0 saturated carbocycles. The van der Waals surface area contributed by atoms with E-state index < -0.39 is 13.9 Å². The minimum atomic E-state index is -4.15. The molecular formula is C12H17N6O4P. The average Bonchev–Trinajstić information content (AvgIpc) is 3.06. The van der Waals surface area contributed by atoms with E-state index in [4.69, 9.17) is 14.5 Å². The second-order valence-electron chi connectivity index (χ2n) is 5.24. The van der Waals surface area contributed by atoms with Gasteiger partial charge < -0.3 is 24.0 Å². The van der Waals surface area contributed by atoms with E-state index in [1.165, 1.54) is 0 Å². The largest absolute Gasteiger partial charge is 0.367 e. The Morgan fingerprint density at radius 1 is 1.35 bits per heavy atom. The first-order valence-electron chi connectivity index (χ1n) is 6.84. The van der Waals surface area contributed by atoms with Crippen LogP contribution in [0.15, 0.2) is 18.7 Å². The van der Waals surface area contributed by atoms with E-state index in [9.17, 15) is 4.57 Å². The minimum Gasteiger partial charge on any atom is -0.367 e. The quantitative estimate of drug-likeness (QED) is 0.486. The highest BCUT2D eigenvalue weighted by Crippen LogP contribution is 2.33. The lowest BCUT2D eigenvalue weighted by Crippen LogP contribution is -2.14. The average molecular weight is 340 g/mol. The third-order valence-corrected chi connectivity index (χ3v) is 3.76. The Morgan fingerprint density at radius 3 is 2.83 bits per heavy atom. The van der Waals surface area contributed by atoms with Crippen molar-refractivity contribution in [2.45, 2.75) is 6.54 Å². The normalized spacial score (nSPS) is 12.3. The molecule has 0 aliphatic carbocycles. The van der Waals surface area contributed by atoms with Gasteiger partial charge in [0.15, 0.2) is 5.65 Å². The van der Waals surface area contributed by atoms with Crippen LogP contribution in [0.1, 0.15) is 0 Å². The molecule has 0 amide bonds. The molecule has 0 aliphatic rings. The van der Waals surface area contributed by atoms with Crippen LogP contribution in [0.3, 0.4) is 0 Å². The zero-order valence-corrected chi connectivity index (χ0v) is 13.6. The molecule has 0 atom stereocenters. The first-order chi connectivity index (χ1) is 10.9. The lowest BCUT2D eigenvalue weighted by atomic mass is 10.4. The molecule has 0 unspecified atom stereocenters. The Bertz CT molecular complexity index is 882. The summed E-state index contributed by atoms with van der Waals surface area (Å²) in [5.41, 5.74) is 1.36. The summed E-state index contributed by atoms with van der Waals surface area (Å²) in [5.74, 6) is 1.41. The highest BCUT2D eigenvalue weighted by atomic mass is 31.2. The molecule has 0 aromatic carbocycles. The molecule has 0 spiro atoms. The number of anilines is 1. The molecule has 3 rings (SSSR count). The fourth-order valence-electron chi connectivity index (χ4n) is 2.34. The number of fused-ring (bicyclic) bond motifs is 2. The van der Waals surface area contributed by atoms with Crippen LogP contribution in [0.25, 0.3) is 16.9 Å². The van der Waals surface area contributed by atoms with Crippen LogP contribution in [0.5, 0.6) is 0 Å². The van der Waals surface area contributed by atoms with Gasteiger partial charge in [-0.1, -0.05) is 0 Å². The summed E-state index contributed by atoms with van der Waals surface area (Å²) in [6.07, 6.45) is 4.52. The Labute approximate surface area is 131 Å². The van der Waals surface area contributed by atoms with Gasteiger partial charge in [-0.05, 0) is 0 Å². The van der Waals surface area contributed by atoms with Crippen LogP contribution < -0.4 is 4.90 Å². The van der Waals surface area contributed by atoms with E-state index in [2.05, 4.69) is 15.0 Å². The fourth-order valence-corrected chi connectivity index (χ4v) is 2.71. The second-order valence-corrected chi connectivity index (χ2v) is 6.83. The highest BCUT2D eigenvalue weighted by molar-refractivity contribution is 7.51. The third-order valence-electron chi connectivity index (χ3n) is 3.24. The van der Waals surface area contributed by atoms with Gasteiger partial charge in [0, 0.05) is 33.0 Å². The predicted molar refractivity (Wildman–Crippen MR) is 83.5 cm³/mol. The summed E-state index contributed by atoms with van der Waals surface area (Å²) < 4.78 is 19.4. The second kappa shape index (κ2) is 5.89. The van der Waals surface area contributed by atoms with E-state index in [-0.39, 0.29) is 6.61 Å². The van der Waals surface area contributed by atoms with Crippen molar-refractivity contribution in [2.24, 2.45) is 0 Å². The molecule has 11 heteroatoms. The maximum absolute atomic E-state index is 10.8. The van der Waals surface area contributed by atoms with Gasteiger partial charge in [-0.25, -0.2) is 9.97 Å². The zero-order chi connectivity index (χ0) is 16.6. The molecule has 0 saturated heterocycles. The molecule has 124 valence electrons. The molecule has 3 heterocycles. The van der Waals surface area contributed by atoms with Crippen LogP contribution in [0.2, 0.25) is 0 Å². The molecule has 0 bridgehead atoms. The van der Waals surface area contributed by atoms with Crippen molar-refractivity contribution >= 4 is 30.4 Å². The first kappa shape index (κ1) is 15.9. The van der Waals surface area contributed by atoms with E-state index >= 15 is 0 Å². The van der Waals surface area contributed by atoms with Gasteiger partial charge in [0.05, 0.1) is 12.9 Å². The molecular weight excluding hydrogens is 323 g/mol. The van der Waals surface area contributed by atoms with Crippen molar-refractivity contribution < 1.29 is 19.1 Å². The highest BCUT2D eigenvalue weighted by Gasteiger charge is 2.16. The number of ether oxygens (including phenoxy) is 1. The Kier molecular flexibility index (Phi) is 4.07. The van der Waals surface area contributed by atoms with Gasteiger partial charge in [0.2, 0.25) is 5.78 Å². The van der Waals surface area contributed by atoms with Gasteiger partial charge in [-0.2, -0.15) is 4.98 Å². The standard InChI is InChI=1S/C12H17N6O4P/c1-16(2)11-9-10(15-12-13-3-4-18(11)12)17(7-14-9)5-6-22-8-23(19,20)21/h3-4,7H,5-6,8H2,1-2H3,(H2,19,20,21). The summed E-state index contributed by atoms with van der Waals surface area (Å²) in [4.78, 5) is 32.6. The Hall–Kier alpha value is -2.00. The monoisotopic (exact) mass is 340 g/mol. The maximum atomic E-state index is 10.8. The molecule has 23 heavy (non-hydrogen) atoms. The van der Waals surface area contributed by atoms with Gasteiger partial charge in [-0.15, -0.1) is 0 Å². The van der Waals surface area contributed by atoms with Gasteiger partial charge in [-0.3, -0.25) is 8.97 Å². The smallest absolute Gasteiger partial charge is 0.350 e. The molecule has 2 N–H and O–H groups in total. The van der Waals surface area contributed by atoms with Crippen LogP contribution in [0.4, 0.5) is 5.82 Å². The lowest BCUT2D eigenvalue weighted by molar-refractivity contribution is 0.149. The predicted octanol–water partition coefficient (Wildman–Crippen LogP) is 0.297. The summed E-state index contributed by atoms with van der Waals surface area (Å²) in [6, 6.07) is 0. The summed E-state index contributed by atoms with van der Waals surface area (Å²) in [5, 5.41) is 0. The number of hydrogen-bond donors (Lipinski definition) is 2. The summed E-state index contributed by atoms with van der Waals surface area (Å²) >= 11 is 0. The third kappa shape index (κ3) is 3.20. The first-order valence-corrected chi connectivity index (χ1v) is 8.64. The van der Waals surface area contributed by atoms with Crippen LogP contribution in [-0.4, -0.2) is 60.8 Å². The minimum absolute atomic E-state index is 0.148. The van der Waals surface area contributed by atoms with Crippen molar-refractivity contribution in [3.05, 3.63) is 18.7 Å². The molecule has 3 aromatic heterocycles. The van der Waals surface area contributed by atoms with Crippen LogP contribution in [-0.2, 0) is 15.8 Å². The van der Waals surface area contributed by atoms with Crippen LogP contribution in [0, 0.1) is 0 Å². The molecule has 0 radical (unpaired) electrons. The Morgan fingerprint density at radius 2 is 2.13 bits per heavy atom. The fraction of sp³-hybridized carbons (Fsp3) is 0.417. The lowest BCUT2D eigenvalue weighted by Gasteiger charge is -2.15. The van der Waals surface area contributed by atoms with E-state index in [1.54, 1.807) is 17.1 Å². The summed E-state index contributed by atoms with van der Waals surface area (Å²) in [6.45, 7) is 0.530. The van der Waals surface area contributed by atoms with Gasteiger partial charge >= 0.3 is 7.60 Å².